The fourth-order valence-electron chi connectivity index (χ4n) is 3.68. The van der Waals surface area contributed by atoms with Crippen molar-refractivity contribution in [3.63, 3.8) is 0 Å². The average Bonchev–Trinajstić information content (AvgIpc) is 3.26. The molecule has 0 aromatic carbocycles. The molecular formula is C20H32N6O3Si. The lowest BCUT2D eigenvalue weighted by atomic mass is 10.0. The van der Waals surface area contributed by atoms with Gasteiger partial charge < -0.3 is 20.5 Å². The number of nitrogens with one attached hydrogen (secondary N) is 2. The normalized spacial score (nSPS) is 19.1. The van der Waals surface area contributed by atoms with Crippen LogP contribution >= 0.6 is 0 Å². The average molecular weight is 433 g/mol. The second-order valence-corrected chi connectivity index (χ2v) is 14.7. The van der Waals surface area contributed by atoms with Crippen LogP contribution in [0.2, 0.25) is 25.7 Å². The number of ether oxygens (including phenoxy) is 1. The van der Waals surface area contributed by atoms with Crippen LogP contribution in [0, 0.1) is 6.92 Å². The quantitative estimate of drug-likeness (QED) is 0.406. The Morgan fingerprint density at radius 1 is 1.37 bits per heavy atom. The predicted molar refractivity (Wildman–Crippen MR) is 118 cm³/mol. The van der Waals surface area contributed by atoms with Crippen LogP contribution in [0.25, 0.3) is 0 Å². The van der Waals surface area contributed by atoms with Crippen LogP contribution in [0.15, 0.2) is 18.3 Å². The monoisotopic (exact) mass is 432 g/mol. The van der Waals surface area contributed by atoms with E-state index in [4.69, 9.17) is 14.9 Å². The number of carbonyl (C=O) groups is 1. The van der Waals surface area contributed by atoms with Crippen molar-refractivity contribution in [2.24, 2.45) is 0 Å². The Bertz CT molecular complexity index is 866. The molecule has 2 atom stereocenters. The SMILES string of the molecule is Cc1nnccc1Nc1cc(C2CC[C@H](NC(=O)O)C2)n(COCC[Si](C)(C)C)n1. The van der Waals surface area contributed by atoms with Crippen LogP contribution < -0.4 is 10.6 Å². The van der Waals surface area contributed by atoms with Crippen molar-refractivity contribution in [3.8, 4) is 0 Å². The third-order valence-corrected chi connectivity index (χ3v) is 7.07. The number of aryl methyl sites for hydroxylation is 1. The highest BCUT2D eigenvalue weighted by Gasteiger charge is 2.30. The molecule has 2 aromatic rings. The number of anilines is 2. The summed E-state index contributed by atoms with van der Waals surface area (Å²) in [6.45, 7) is 10.00. The van der Waals surface area contributed by atoms with Crippen molar-refractivity contribution in [1.29, 1.82) is 0 Å². The third-order valence-electron chi connectivity index (χ3n) is 5.37. The maximum atomic E-state index is 11.0. The topological polar surface area (TPSA) is 114 Å². The Hall–Kier alpha value is -2.46. The highest BCUT2D eigenvalue weighted by atomic mass is 28.3. The van der Waals surface area contributed by atoms with Crippen molar-refractivity contribution >= 4 is 25.7 Å². The standard InChI is InChI=1S/C20H32N6O3Si/c1-14-17(7-8-21-24-14)23-19-12-18(15-5-6-16(11-15)22-20(27)28)26(25-19)13-29-9-10-30(2,3)4/h7-8,12,15-16,22H,5-6,9-11,13H2,1-4H3,(H,27,28)(H,21,23,25)/t15?,16-/m0/s1. The first-order valence-corrected chi connectivity index (χ1v) is 14.1. The molecule has 0 radical (unpaired) electrons. The number of rotatable bonds is 9. The Labute approximate surface area is 178 Å². The van der Waals surface area contributed by atoms with Gasteiger partial charge in [0.05, 0.1) is 17.6 Å². The molecule has 1 aliphatic carbocycles. The van der Waals surface area contributed by atoms with E-state index in [1.807, 2.05) is 23.7 Å². The van der Waals surface area contributed by atoms with E-state index in [0.717, 1.165) is 54.8 Å². The van der Waals surface area contributed by atoms with E-state index in [1.54, 1.807) is 6.20 Å². The van der Waals surface area contributed by atoms with Crippen molar-refractivity contribution in [1.82, 2.24) is 25.3 Å². The summed E-state index contributed by atoms with van der Waals surface area (Å²) in [5.74, 6) is 0.965. The van der Waals surface area contributed by atoms with E-state index >= 15 is 0 Å². The van der Waals surface area contributed by atoms with Crippen LogP contribution in [0.3, 0.4) is 0 Å². The van der Waals surface area contributed by atoms with Gasteiger partial charge in [0.25, 0.3) is 0 Å². The zero-order chi connectivity index (χ0) is 21.7. The van der Waals surface area contributed by atoms with Gasteiger partial charge in [0.2, 0.25) is 0 Å². The van der Waals surface area contributed by atoms with E-state index in [9.17, 15) is 4.79 Å². The number of nitrogens with zero attached hydrogens (tertiary/aromatic N) is 4. The van der Waals surface area contributed by atoms with Crippen LogP contribution in [0.4, 0.5) is 16.3 Å². The van der Waals surface area contributed by atoms with Crippen LogP contribution in [0.5, 0.6) is 0 Å². The van der Waals surface area contributed by atoms with Gasteiger partial charge >= 0.3 is 6.09 Å². The molecule has 3 N–H and O–H groups in total. The molecule has 1 aliphatic rings. The van der Waals surface area contributed by atoms with Crippen LogP contribution in [-0.2, 0) is 11.5 Å². The first-order chi connectivity index (χ1) is 14.2. The molecular weight excluding hydrogens is 400 g/mol. The number of hydrogen-bond acceptors (Lipinski definition) is 6. The lowest BCUT2D eigenvalue weighted by Crippen LogP contribution is -2.31. The third kappa shape index (κ3) is 6.27. The lowest BCUT2D eigenvalue weighted by Gasteiger charge is -2.17. The van der Waals surface area contributed by atoms with Gasteiger partial charge in [-0.05, 0) is 38.3 Å². The molecule has 10 heteroatoms. The molecule has 2 heterocycles. The molecule has 0 saturated heterocycles. The molecule has 1 unspecified atom stereocenters. The zero-order valence-electron chi connectivity index (χ0n) is 18.2. The summed E-state index contributed by atoms with van der Waals surface area (Å²) < 4.78 is 7.86. The van der Waals surface area contributed by atoms with Crippen LogP contribution in [0.1, 0.15) is 36.6 Å². The molecule has 9 nitrogen and oxygen atoms in total. The molecule has 0 bridgehead atoms. The molecule has 1 amide bonds. The van der Waals surface area contributed by atoms with Crippen molar-refractivity contribution in [2.45, 2.75) is 70.6 Å². The smallest absolute Gasteiger partial charge is 0.404 e. The molecule has 164 valence electrons. The molecule has 1 fully saturated rings. The lowest BCUT2D eigenvalue weighted by molar-refractivity contribution is 0.0758. The highest BCUT2D eigenvalue weighted by Crippen LogP contribution is 2.36. The Kier molecular flexibility index (Phi) is 7.09. The Morgan fingerprint density at radius 3 is 2.87 bits per heavy atom. The summed E-state index contributed by atoms with van der Waals surface area (Å²) in [5.41, 5.74) is 2.73. The molecule has 1 saturated carbocycles. The number of hydrogen-bond donors (Lipinski definition) is 3. The van der Waals surface area contributed by atoms with Gasteiger partial charge in [0.15, 0.2) is 5.82 Å². The van der Waals surface area contributed by atoms with E-state index < -0.39 is 14.2 Å². The Morgan fingerprint density at radius 2 is 2.17 bits per heavy atom. The summed E-state index contributed by atoms with van der Waals surface area (Å²) in [4.78, 5) is 11.0. The van der Waals surface area contributed by atoms with Gasteiger partial charge in [-0.1, -0.05) is 19.6 Å². The van der Waals surface area contributed by atoms with Gasteiger partial charge in [0.1, 0.15) is 6.73 Å². The maximum Gasteiger partial charge on any atom is 0.404 e. The minimum absolute atomic E-state index is 0.0216. The van der Waals surface area contributed by atoms with E-state index in [1.165, 1.54) is 0 Å². The highest BCUT2D eigenvalue weighted by molar-refractivity contribution is 6.76. The zero-order valence-corrected chi connectivity index (χ0v) is 19.2. The van der Waals surface area contributed by atoms with Gasteiger partial charge in [0, 0.05) is 38.4 Å². The maximum absolute atomic E-state index is 11.0. The first kappa shape index (κ1) is 22.2. The van der Waals surface area contributed by atoms with Crippen molar-refractivity contribution < 1.29 is 14.6 Å². The molecule has 30 heavy (non-hydrogen) atoms. The minimum Gasteiger partial charge on any atom is -0.465 e. The largest absolute Gasteiger partial charge is 0.465 e. The summed E-state index contributed by atoms with van der Waals surface area (Å²) in [6.07, 6.45) is 3.19. The fraction of sp³-hybridized carbons (Fsp3) is 0.600. The summed E-state index contributed by atoms with van der Waals surface area (Å²) in [5, 5.41) is 27.6. The van der Waals surface area contributed by atoms with Gasteiger partial charge in [-0.15, -0.1) is 0 Å². The number of amides is 1. The molecule has 0 aliphatic heterocycles. The molecule has 3 rings (SSSR count). The van der Waals surface area contributed by atoms with Gasteiger partial charge in [-0.3, -0.25) is 0 Å². The number of aromatic nitrogens is 4. The van der Waals surface area contributed by atoms with E-state index in [-0.39, 0.29) is 12.0 Å². The van der Waals surface area contributed by atoms with Crippen LogP contribution in [-0.4, -0.2) is 51.9 Å². The second-order valence-electron chi connectivity index (χ2n) is 9.11. The first-order valence-electron chi connectivity index (χ1n) is 10.4. The molecule has 2 aromatic heterocycles. The minimum atomic E-state index is -1.16. The fourth-order valence-corrected chi connectivity index (χ4v) is 4.44. The summed E-state index contributed by atoms with van der Waals surface area (Å²) in [6, 6.07) is 4.99. The van der Waals surface area contributed by atoms with E-state index in [2.05, 4.69) is 40.5 Å². The second kappa shape index (κ2) is 9.56. The number of carboxylic acid groups (broad SMARTS) is 1. The Balaban J connectivity index is 1.74. The molecule has 0 spiro atoms. The van der Waals surface area contributed by atoms with E-state index in [0.29, 0.717) is 6.73 Å². The predicted octanol–water partition coefficient (Wildman–Crippen LogP) is 3.94. The van der Waals surface area contributed by atoms with Gasteiger partial charge in [-0.2, -0.15) is 15.3 Å². The van der Waals surface area contributed by atoms with Gasteiger partial charge in [-0.25, -0.2) is 9.48 Å². The summed E-state index contributed by atoms with van der Waals surface area (Å²) >= 11 is 0. The summed E-state index contributed by atoms with van der Waals surface area (Å²) in [7, 11) is -1.16. The van der Waals surface area contributed by atoms with Crippen molar-refractivity contribution in [3.05, 3.63) is 29.7 Å². The van der Waals surface area contributed by atoms with Crippen molar-refractivity contribution in [2.75, 3.05) is 11.9 Å².